The largest absolute Gasteiger partial charge is 0.263 e. The third-order valence-corrected chi connectivity index (χ3v) is 2.93. The number of hydrogen-bond donors (Lipinski definition) is 0. The Morgan fingerprint density at radius 2 is 1.93 bits per heavy atom. The maximum Gasteiger partial charge on any atom is 0.100 e. The van der Waals surface area contributed by atoms with Crippen LogP contribution in [0.3, 0.4) is 0 Å². The van der Waals surface area contributed by atoms with Gasteiger partial charge in [0, 0.05) is 22.2 Å². The van der Waals surface area contributed by atoms with Crippen molar-refractivity contribution in [3.63, 3.8) is 0 Å². The first-order valence-electron chi connectivity index (χ1n) is 4.47. The fourth-order valence-corrected chi connectivity index (χ4v) is 2.05. The predicted molar refractivity (Wildman–Crippen MR) is 59.5 cm³/mol. The lowest BCUT2D eigenvalue weighted by molar-refractivity contribution is 1.21. The lowest BCUT2D eigenvalue weighted by Crippen LogP contribution is -1.82. The second kappa shape index (κ2) is 4.63. The summed E-state index contributed by atoms with van der Waals surface area (Å²) >= 11 is 1.55. The molecule has 1 heterocycles. The van der Waals surface area contributed by atoms with Crippen molar-refractivity contribution < 1.29 is 0 Å². The molecule has 0 saturated carbocycles. The van der Waals surface area contributed by atoms with Gasteiger partial charge >= 0.3 is 0 Å². The fourth-order valence-electron chi connectivity index (χ4n) is 1.17. The number of benzene rings is 1. The Bertz CT molecular complexity index is 488. The van der Waals surface area contributed by atoms with E-state index in [0.717, 1.165) is 9.79 Å². The molecule has 0 radical (unpaired) electrons. The van der Waals surface area contributed by atoms with E-state index in [9.17, 15) is 0 Å². The van der Waals surface area contributed by atoms with E-state index in [0.29, 0.717) is 5.56 Å². The van der Waals surface area contributed by atoms with Crippen molar-refractivity contribution in [1.82, 2.24) is 4.98 Å². The molecule has 15 heavy (non-hydrogen) atoms. The Balaban J connectivity index is 2.29. The van der Waals surface area contributed by atoms with Crippen LogP contribution in [-0.2, 0) is 0 Å². The standard InChI is InChI=1S/C12H8N2S/c13-8-10-6-7-14-9-12(10)15-11-4-2-1-3-5-11/h1-7,9H. The minimum absolute atomic E-state index is 0.666. The Kier molecular flexibility index (Phi) is 3.01. The molecule has 0 fully saturated rings. The molecule has 0 atom stereocenters. The Hall–Kier alpha value is -1.79. The molecule has 1 aromatic carbocycles. The zero-order valence-electron chi connectivity index (χ0n) is 7.92. The predicted octanol–water partition coefficient (Wildman–Crippen LogP) is 3.10. The van der Waals surface area contributed by atoms with Crippen LogP contribution in [0, 0.1) is 11.3 Å². The van der Waals surface area contributed by atoms with Gasteiger partial charge in [-0.05, 0) is 18.2 Å². The second-order valence-electron chi connectivity index (χ2n) is 2.90. The quantitative estimate of drug-likeness (QED) is 0.767. The first-order chi connectivity index (χ1) is 7.40. The molecule has 2 rings (SSSR count). The van der Waals surface area contributed by atoms with Crippen LogP contribution in [-0.4, -0.2) is 4.98 Å². The van der Waals surface area contributed by atoms with Gasteiger partial charge in [0.15, 0.2) is 0 Å². The van der Waals surface area contributed by atoms with Gasteiger partial charge in [-0.25, -0.2) is 0 Å². The normalized spacial score (nSPS) is 9.53. The topological polar surface area (TPSA) is 36.7 Å². The van der Waals surface area contributed by atoms with E-state index in [1.54, 1.807) is 30.2 Å². The first kappa shape index (κ1) is 9.75. The van der Waals surface area contributed by atoms with Crippen LogP contribution >= 0.6 is 11.8 Å². The average Bonchev–Trinajstić information content (AvgIpc) is 2.31. The summed E-state index contributed by atoms with van der Waals surface area (Å²) in [5, 5.41) is 8.91. The van der Waals surface area contributed by atoms with Crippen molar-refractivity contribution in [2.75, 3.05) is 0 Å². The van der Waals surface area contributed by atoms with Crippen molar-refractivity contribution in [2.45, 2.75) is 9.79 Å². The molecule has 0 spiro atoms. The van der Waals surface area contributed by atoms with Crippen molar-refractivity contribution >= 4 is 11.8 Å². The van der Waals surface area contributed by atoms with Crippen molar-refractivity contribution in [3.05, 3.63) is 54.4 Å². The zero-order chi connectivity index (χ0) is 10.5. The summed E-state index contributed by atoms with van der Waals surface area (Å²) in [6.07, 6.45) is 3.35. The lowest BCUT2D eigenvalue weighted by Gasteiger charge is -2.01. The van der Waals surface area contributed by atoms with E-state index >= 15 is 0 Å². The van der Waals surface area contributed by atoms with Crippen molar-refractivity contribution in [1.29, 1.82) is 5.26 Å². The van der Waals surface area contributed by atoms with Crippen LogP contribution < -0.4 is 0 Å². The van der Waals surface area contributed by atoms with E-state index in [1.165, 1.54) is 0 Å². The number of hydrogen-bond acceptors (Lipinski definition) is 3. The van der Waals surface area contributed by atoms with Crippen LogP contribution in [0.15, 0.2) is 58.6 Å². The summed E-state index contributed by atoms with van der Waals surface area (Å²) in [4.78, 5) is 6.03. The Labute approximate surface area is 92.6 Å². The summed E-state index contributed by atoms with van der Waals surface area (Å²) in [5.74, 6) is 0. The number of nitriles is 1. The van der Waals surface area contributed by atoms with Gasteiger partial charge in [0.2, 0.25) is 0 Å². The minimum Gasteiger partial charge on any atom is -0.263 e. The van der Waals surface area contributed by atoms with Gasteiger partial charge in [0.05, 0.1) is 5.56 Å². The lowest BCUT2D eigenvalue weighted by atomic mass is 10.3. The molecule has 0 bridgehead atoms. The zero-order valence-corrected chi connectivity index (χ0v) is 8.74. The molecule has 0 aliphatic carbocycles. The van der Waals surface area contributed by atoms with Gasteiger partial charge in [-0.3, -0.25) is 4.98 Å². The number of aromatic nitrogens is 1. The highest BCUT2D eigenvalue weighted by Crippen LogP contribution is 2.28. The monoisotopic (exact) mass is 212 g/mol. The molecule has 0 aliphatic rings. The highest BCUT2D eigenvalue weighted by molar-refractivity contribution is 7.99. The molecule has 0 saturated heterocycles. The summed E-state index contributed by atoms with van der Waals surface area (Å²) in [5.41, 5.74) is 0.666. The summed E-state index contributed by atoms with van der Waals surface area (Å²) in [6, 6.07) is 13.8. The van der Waals surface area contributed by atoms with E-state index < -0.39 is 0 Å². The summed E-state index contributed by atoms with van der Waals surface area (Å²) < 4.78 is 0. The maximum atomic E-state index is 8.91. The second-order valence-corrected chi connectivity index (χ2v) is 4.01. The Morgan fingerprint density at radius 3 is 2.67 bits per heavy atom. The van der Waals surface area contributed by atoms with E-state index in [1.807, 2.05) is 30.3 Å². The van der Waals surface area contributed by atoms with Gasteiger partial charge in [-0.15, -0.1) is 0 Å². The number of pyridine rings is 1. The minimum atomic E-state index is 0.666. The first-order valence-corrected chi connectivity index (χ1v) is 5.29. The number of rotatable bonds is 2. The molecule has 0 aliphatic heterocycles. The van der Waals surface area contributed by atoms with Gasteiger partial charge in [0.1, 0.15) is 6.07 Å². The summed E-state index contributed by atoms with van der Waals surface area (Å²) in [6.45, 7) is 0. The van der Waals surface area contributed by atoms with Crippen molar-refractivity contribution in [2.24, 2.45) is 0 Å². The number of nitrogens with zero attached hydrogens (tertiary/aromatic N) is 2. The van der Waals surface area contributed by atoms with E-state index in [-0.39, 0.29) is 0 Å². The van der Waals surface area contributed by atoms with Crippen molar-refractivity contribution in [3.8, 4) is 6.07 Å². The molecule has 2 aromatic rings. The highest BCUT2D eigenvalue weighted by Gasteiger charge is 2.02. The van der Waals surface area contributed by atoms with Gasteiger partial charge < -0.3 is 0 Å². The van der Waals surface area contributed by atoms with Gasteiger partial charge in [-0.2, -0.15) is 5.26 Å². The smallest absolute Gasteiger partial charge is 0.100 e. The third kappa shape index (κ3) is 2.36. The average molecular weight is 212 g/mol. The van der Waals surface area contributed by atoms with Crippen LogP contribution in [0.4, 0.5) is 0 Å². The molecule has 72 valence electrons. The molecule has 2 nitrogen and oxygen atoms in total. The van der Waals surface area contributed by atoms with Crippen LogP contribution in [0.25, 0.3) is 0 Å². The molecule has 0 amide bonds. The van der Waals surface area contributed by atoms with E-state index in [2.05, 4.69) is 11.1 Å². The fraction of sp³-hybridized carbons (Fsp3) is 0. The Morgan fingerprint density at radius 1 is 1.13 bits per heavy atom. The molecule has 0 N–H and O–H groups in total. The third-order valence-electron chi connectivity index (χ3n) is 1.88. The van der Waals surface area contributed by atoms with Crippen LogP contribution in [0.5, 0.6) is 0 Å². The highest BCUT2D eigenvalue weighted by atomic mass is 32.2. The van der Waals surface area contributed by atoms with Crippen LogP contribution in [0.1, 0.15) is 5.56 Å². The molecular weight excluding hydrogens is 204 g/mol. The SMILES string of the molecule is N#Cc1ccncc1Sc1ccccc1. The van der Waals surface area contributed by atoms with Gasteiger partial charge in [0.25, 0.3) is 0 Å². The molecule has 0 unspecified atom stereocenters. The summed E-state index contributed by atoms with van der Waals surface area (Å²) in [7, 11) is 0. The molecule has 1 aromatic heterocycles. The van der Waals surface area contributed by atoms with E-state index in [4.69, 9.17) is 5.26 Å². The van der Waals surface area contributed by atoms with Crippen LogP contribution in [0.2, 0.25) is 0 Å². The van der Waals surface area contributed by atoms with Gasteiger partial charge in [-0.1, -0.05) is 30.0 Å². The molecular formula is C12H8N2S. The maximum absolute atomic E-state index is 8.91. The molecule has 3 heteroatoms.